The van der Waals surface area contributed by atoms with E-state index in [1.54, 1.807) is 17.5 Å². The topological polar surface area (TPSA) is 54.5 Å². The van der Waals surface area contributed by atoms with Crippen LogP contribution in [-0.4, -0.2) is 14.5 Å². The molecule has 0 aliphatic heterocycles. The lowest BCUT2D eigenvalue weighted by atomic mass is 10.1. The summed E-state index contributed by atoms with van der Waals surface area (Å²) in [5, 5.41) is 12.5. The number of nitrogens with zero attached hydrogens (tertiary/aromatic N) is 4. The number of aromatic nitrogens is 3. The van der Waals surface area contributed by atoms with Crippen LogP contribution >= 0.6 is 22.9 Å². The Morgan fingerprint density at radius 2 is 1.93 bits per heavy atom. The number of nitriles is 1. The Kier molecular flexibility index (Phi) is 4.51. The van der Waals surface area contributed by atoms with E-state index in [-0.39, 0.29) is 0 Å². The van der Waals surface area contributed by atoms with E-state index in [0.29, 0.717) is 11.4 Å². The van der Waals surface area contributed by atoms with Gasteiger partial charge in [-0.2, -0.15) is 5.26 Å². The smallest absolute Gasteiger partial charge is 0.108 e. The van der Waals surface area contributed by atoms with E-state index in [0.717, 1.165) is 50.0 Å². The number of aryl methyl sites for hydroxylation is 1. The predicted octanol–water partition coefficient (Wildman–Crippen LogP) is 6.41. The van der Waals surface area contributed by atoms with Crippen LogP contribution in [0.15, 0.2) is 66.4 Å². The molecule has 3 aromatic heterocycles. The summed E-state index contributed by atoms with van der Waals surface area (Å²) in [7, 11) is 0. The molecule has 0 saturated heterocycles. The molecule has 29 heavy (non-hydrogen) atoms. The van der Waals surface area contributed by atoms with Gasteiger partial charge in [0, 0.05) is 27.9 Å². The minimum absolute atomic E-state index is 0.524. The molecule has 5 rings (SSSR count). The molecule has 4 nitrogen and oxygen atoms in total. The molecule has 3 heterocycles. The maximum absolute atomic E-state index is 8.78. The van der Waals surface area contributed by atoms with Gasteiger partial charge in [-0.05, 0) is 47.7 Å². The summed E-state index contributed by atoms with van der Waals surface area (Å²) in [6, 6.07) is 18.6. The van der Waals surface area contributed by atoms with Crippen LogP contribution in [0.5, 0.6) is 0 Å². The summed E-state index contributed by atoms with van der Waals surface area (Å²) in [6.07, 6.45) is 4.90. The number of fused-ring (bicyclic) bond motifs is 3. The monoisotopic (exact) mass is 414 g/mol. The number of thiophene rings is 1. The van der Waals surface area contributed by atoms with E-state index in [4.69, 9.17) is 16.9 Å². The zero-order chi connectivity index (χ0) is 19.8. The van der Waals surface area contributed by atoms with E-state index in [9.17, 15) is 0 Å². The summed E-state index contributed by atoms with van der Waals surface area (Å²) in [5.74, 6) is 0. The van der Waals surface area contributed by atoms with Gasteiger partial charge in [0.2, 0.25) is 0 Å². The van der Waals surface area contributed by atoms with E-state index in [2.05, 4.69) is 57.0 Å². The van der Waals surface area contributed by atoms with Crippen molar-refractivity contribution in [2.24, 2.45) is 0 Å². The summed E-state index contributed by atoms with van der Waals surface area (Å²) in [5.41, 5.74) is 5.87. The maximum atomic E-state index is 8.78. The fraction of sp³-hybridized carbons (Fsp3) is 0.0870. The molecule has 0 bridgehead atoms. The normalized spacial score (nSPS) is 11.2. The van der Waals surface area contributed by atoms with Crippen molar-refractivity contribution < 1.29 is 0 Å². The van der Waals surface area contributed by atoms with E-state index in [1.165, 1.54) is 0 Å². The molecule has 2 aromatic carbocycles. The first-order chi connectivity index (χ1) is 14.2. The van der Waals surface area contributed by atoms with Gasteiger partial charge in [-0.3, -0.25) is 9.55 Å². The highest BCUT2D eigenvalue weighted by Gasteiger charge is 2.14. The largest absolute Gasteiger partial charge is 0.298 e. The van der Waals surface area contributed by atoms with Crippen molar-refractivity contribution in [1.82, 2.24) is 14.5 Å². The molecule has 0 atom stereocenters. The molecule has 0 N–H and O–H groups in total. The Morgan fingerprint density at radius 3 is 2.69 bits per heavy atom. The van der Waals surface area contributed by atoms with Gasteiger partial charge in [0.05, 0.1) is 28.3 Å². The molecule has 0 spiro atoms. The number of hydrogen-bond donors (Lipinski definition) is 0. The number of hydrogen-bond acceptors (Lipinski definition) is 4. The van der Waals surface area contributed by atoms with Gasteiger partial charge in [-0.1, -0.05) is 29.8 Å². The minimum Gasteiger partial charge on any atom is -0.298 e. The van der Waals surface area contributed by atoms with Crippen molar-refractivity contribution in [2.45, 2.75) is 12.8 Å². The highest BCUT2D eigenvalue weighted by atomic mass is 35.5. The lowest BCUT2D eigenvalue weighted by Gasteiger charge is -2.10. The van der Waals surface area contributed by atoms with Crippen LogP contribution in [0.2, 0.25) is 5.02 Å². The third kappa shape index (κ3) is 3.17. The van der Waals surface area contributed by atoms with Gasteiger partial charge < -0.3 is 0 Å². The summed E-state index contributed by atoms with van der Waals surface area (Å²) >= 11 is 8.22. The number of pyridine rings is 1. The first-order valence-electron chi connectivity index (χ1n) is 9.20. The Labute approximate surface area is 176 Å². The van der Waals surface area contributed by atoms with Crippen molar-refractivity contribution in [3.8, 4) is 22.2 Å². The highest BCUT2D eigenvalue weighted by Crippen LogP contribution is 2.36. The van der Waals surface area contributed by atoms with Crippen LogP contribution < -0.4 is 0 Å². The average Bonchev–Trinajstić information content (AvgIpc) is 3.42. The van der Waals surface area contributed by atoms with Gasteiger partial charge in [-0.25, -0.2) is 4.98 Å². The van der Waals surface area contributed by atoms with Gasteiger partial charge in [0.15, 0.2) is 0 Å². The van der Waals surface area contributed by atoms with Gasteiger partial charge in [0.1, 0.15) is 11.8 Å². The van der Waals surface area contributed by atoms with Gasteiger partial charge >= 0.3 is 0 Å². The van der Waals surface area contributed by atoms with Crippen molar-refractivity contribution in [2.75, 3.05) is 0 Å². The fourth-order valence-electron chi connectivity index (χ4n) is 3.55. The molecular weight excluding hydrogens is 400 g/mol. The van der Waals surface area contributed by atoms with Crippen LogP contribution in [0.25, 0.3) is 38.1 Å². The van der Waals surface area contributed by atoms with Crippen molar-refractivity contribution >= 4 is 44.9 Å². The second-order valence-corrected chi connectivity index (χ2v) is 8.11. The number of rotatable bonds is 4. The van der Waals surface area contributed by atoms with E-state index < -0.39 is 0 Å². The maximum Gasteiger partial charge on any atom is 0.108 e. The van der Waals surface area contributed by atoms with Crippen molar-refractivity contribution in [3.05, 3.63) is 77.0 Å². The fourth-order valence-corrected chi connectivity index (χ4v) is 4.63. The SMILES string of the molecule is N#CCCc1ccc(-n2cnc3cnc4cc(Cl)c(-c5cccs5)cc4c32)cc1. The molecule has 6 heteroatoms. The first kappa shape index (κ1) is 17.9. The molecule has 0 amide bonds. The van der Waals surface area contributed by atoms with Crippen LogP contribution in [0.4, 0.5) is 0 Å². The number of benzene rings is 2. The standard InChI is InChI=1S/C23H15ClN4S/c24-19-12-20-18(11-17(19)22-4-2-10-29-22)23-21(13-26-20)27-14-28(23)16-7-5-15(6-8-16)3-1-9-25/h2,4-8,10-14H,1,3H2. The van der Waals surface area contributed by atoms with Gasteiger partial charge in [-0.15, -0.1) is 11.3 Å². The van der Waals surface area contributed by atoms with Gasteiger partial charge in [0.25, 0.3) is 0 Å². The molecule has 0 aliphatic rings. The predicted molar refractivity (Wildman–Crippen MR) is 119 cm³/mol. The molecule has 0 unspecified atom stereocenters. The third-order valence-electron chi connectivity index (χ3n) is 4.99. The average molecular weight is 415 g/mol. The molecule has 0 aliphatic carbocycles. The second kappa shape index (κ2) is 7.32. The molecule has 5 aromatic rings. The second-order valence-electron chi connectivity index (χ2n) is 6.76. The Morgan fingerprint density at radius 1 is 1.07 bits per heavy atom. The molecular formula is C23H15ClN4S. The zero-order valence-electron chi connectivity index (χ0n) is 15.3. The molecule has 140 valence electrons. The lowest BCUT2D eigenvalue weighted by Crippen LogP contribution is -1.94. The number of imidazole rings is 1. The van der Waals surface area contributed by atoms with Crippen LogP contribution in [0, 0.1) is 11.3 Å². The van der Waals surface area contributed by atoms with E-state index in [1.807, 2.05) is 23.8 Å². The Hall–Kier alpha value is -3.20. The van der Waals surface area contributed by atoms with E-state index >= 15 is 0 Å². The van der Waals surface area contributed by atoms with Crippen LogP contribution in [0.3, 0.4) is 0 Å². The van der Waals surface area contributed by atoms with Crippen LogP contribution in [0.1, 0.15) is 12.0 Å². The van der Waals surface area contributed by atoms with Crippen LogP contribution in [-0.2, 0) is 6.42 Å². The minimum atomic E-state index is 0.524. The molecule has 0 saturated carbocycles. The van der Waals surface area contributed by atoms with Crippen molar-refractivity contribution in [3.63, 3.8) is 0 Å². The molecule has 0 fully saturated rings. The zero-order valence-corrected chi connectivity index (χ0v) is 16.9. The third-order valence-corrected chi connectivity index (χ3v) is 6.20. The Bertz CT molecular complexity index is 1360. The highest BCUT2D eigenvalue weighted by molar-refractivity contribution is 7.13. The summed E-state index contributed by atoms with van der Waals surface area (Å²) in [6.45, 7) is 0. The molecule has 0 radical (unpaired) electrons. The number of halogens is 1. The lowest BCUT2D eigenvalue weighted by molar-refractivity contribution is 1.00. The quantitative estimate of drug-likeness (QED) is 0.341. The Balaban J connectivity index is 1.70. The first-order valence-corrected chi connectivity index (χ1v) is 10.5. The van der Waals surface area contributed by atoms with Crippen molar-refractivity contribution in [1.29, 1.82) is 5.26 Å². The summed E-state index contributed by atoms with van der Waals surface area (Å²) < 4.78 is 2.08. The summed E-state index contributed by atoms with van der Waals surface area (Å²) in [4.78, 5) is 10.2.